The maximum atomic E-state index is 12.5. The molecule has 10 heteroatoms. The second kappa shape index (κ2) is 11.0. The number of carbonyl (C=O) groups is 1. The zero-order chi connectivity index (χ0) is 26.1. The van der Waals surface area contributed by atoms with E-state index in [0.717, 1.165) is 22.3 Å². The van der Waals surface area contributed by atoms with Gasteiger partial charge in [0, 0.05) is 54.3 Å². The van der Waals surface area contributed by atoms with Gasteiger partial charge in [-0.1, -0.05) is 25.1 Å². The SMILES string of the molecule is C.CCOc1c(C(C)n2ccc(=O)c3c(N)ncnc32)cc(Cl)c(C)c1-c1ccc(C(=O)N(C)C)nc1. The minimum atomic E-state index is -0.330. The van der Waals surface area contributed by atoms with Crippen molar-refractivity contribution >= 4 is 34.4 Å². The number of fused-ring (bicyclic) bond motifs is 1. The van der Waals surface area contributed by atoms with Crippen LogP contribution in [0.4, 0.5) is 5.82 Å². The molecule has 3 heterocycles. The molecular formula is C27H31ClN6O3. The van der Waals surface area contributed by atoms with Crippen LogP contribution in [0.15, 0.2) is 47.8 Å². The van der Waals surface area contributed by atoms with Crippen LogP contribution in [0.5, 0.6) is 5.75 Å². The Balaban J connectivity index is 0.00000380. The van der Waals surface area contributed by atoms with E-state index in [1.54, 1.807) is 32.6 Å². The molecular weight excluding hydrogens is 492 g/mol. The van der Waals surface area contributed by atoms with Gasteiger partial charge in [0.25, 0.3) is 5.91 Å². The number of nitrogens with zero attached hydrogens (tertiary/aromatic N) is 5. The van der Waals surface area contributed by atoms with Gasteiger partial charge in [-0.25, -0.2) is 9.97 Å². The van der Waals surface area contributed by atoms with Crippen LogP contribution in [-0.2, 0) is 0 Å². The van der Waals surface area contributed by atoms with Gasteiger partial charge in [-0.05, 0) is 38.5 Å². The Morgan fingerprint density at radius 1 is 1.22 bits per heavy atom. The highest BCUT2D eigenvalue weighted by Gasteiger charge is 2.24. The van der Waals surface area contributed by atoms with E-state index < -0.39 is 0 Å². The predicted octanol–water partition coefficient (Wildman–Crippen LogP) is 4.74. The topological polar surface area (TPSA) is 116 Å². The van der Waals surface area contributed by atoms with E-state index in [1.807, 2.05) is 37.5 Å². The first kappa shape index (κ1) is 27.6. The van der Waals surface area contributed by atoms with Gasteiger partial charge in [0.15, 0.2) is 5.43 Å². The Morgan fingerprint density at radius 2 is 1.95 bits per heavy atom. The predicted molar refractivity (Wildman–Crippen MR) is 147 cm³/mol. The Kier molecular flexibility index (Phi) is 8.18. The maximum Gasteiger partial charge on any atom is 0.271 e. The Bertz CT molecular complexity index is 1520. The third-order valence-corrected chi connectivity index (χ3v) is 6.46. The minimum Gasteiger partial charge on any atom is -0.493 e. The van der Waals surface area contributed by atoms with Gasteiger partial charge in [0.2, 0.25) is 0 Å². The molecule has 0 aliphatic heterocycles. The average Bonchev–Trinajstić information content (AvgIpc) is 2.86. The van der Waals surface area contributed by atoms with E-state index in [0.29, 0.717) is 28.7 Å². The summed E-state index contributed by atoms with van der Waals surface area (Å²) in [7, 11) is 3.36. The number of hydrogen-bond acceptors (Lipinski definition) is 7. The lowest BCUT2D eigenvalue weighted by Gasteiger charge is -2.25. The summed E-state index contributed by atoms with van der Waals surface area (Å²) in [6, 6.07) is 6.50. The summed E-state index contributed by atoms with van der Waals surface area (Å²) in [6.07, 6.45) is 4.66. The Hall–Kier alpha value is -3.98. The number of carbonyl (C=O) groups excluding carboxylic acids is 1. The molecule has 37 heavy (non-hydrogen) atoms. The molecule has 0 fully saturated rings. The number of halogens is 1. The molecule has 194 valence electrons. The van der Waals surface area contributed by atoms with Crippen molar-refractivity contribution in [2.45, 2.75) is 34.2 Å². The first-order chi connectivity index (χ1) is 17.1. The second-order valence-electron chi connectivity index (χ2n) is 8.56. The summed E-state index contributed by atoms with van der Waals surface area (Å²) >= 11 is 6.72. The van der Waals surface area contributed by atoms with Crippen LogP contribution in [0.25, 0.3) is 22.2 Å². The van der Waals surface area contributed by atoms with E-state index in [1.165, 1.54) is 17.3 Å². The number of pyridine rings is 2. The number of nitrogens with two attached hydrogens (primary N) is 1. The van der Waals surface area contributed by atoms with Crippen LogP contribution in [-0.4, -0.2) is 51.0 Å². The molecule has 1 aromatic carbocycles. The summed E-state index contributed by atoms with van der Waals surface area (Å²) in [6.45, 7) is 6.20. The van der Waals surface area contributed by atoms with Crippen molar-refractivity contribution in [1.29, 1.82) is 0 Å². The van der Waals surface area contributed by atoms with Gasteiger partial charge < -0.3 is 19.9 Å². The quantitative estimate of drug-likeness (QED) is 0.388. The molecule has 0 radical (unpaired) electrons. The first-order valence-corrected chi connectivity index (χ1v) is 11.8. The highest BCUT2D eigenvalue weighted by molar-refractivity contribution is 6.32. The van der Waals surface area contributed by atoms with Crippen LogP contribution >= 0.6 is 11.6 Å². The van der Waals surface area contributed by atoms with Crippen molar-refractivity contribution in [2.75, 3.05) is 26.4 Å². The molecule has 0 spiro atoms. The minimum absolute atomic E-state index is 0. The molecule has 1 amide bonds. The van der Waals surface area contributed by atoms with Gasteiger partial charge in [0.05, 0.1) is 12.6 Å². The molecule has 1 atom stereocenters. The summed E-state index contributed by atoms with van der Waals surface area (Å²) < 4.78 is 8.03. The lowest BCUT2D eigenvalue weighted by Crippen LogP contribution is -2.22. The van der Waals surface area contributed by atoms with Crippen molar-refractivity contribution < 1.29 is 9.53 Å². The zero-order valence-corrected chi connectivity index (χ0v) is 21.5. The van der Waals surface area contributed by atoms with Gasteiger partial charge in [0.1, 0.15) is 34.6 Å². The lowest BCUT2D eigenvalue weighted by atomic mass is 9.94. The number of anilines is 1. The fourth-order valence-corrected chi connectivity index (χ4v) is 4.40. The number of amides is 1. The smallest absolute Gasteiger partial charge is 0.271 e. The molecule has 0 saturated heterocycles. The molecule has 9 nitrogen and oxygen atoms in total. The van der Waals surface area contributed by atoms with Gasteiger partial charge in [-0.2, -0.15) is 0 Å². The molecule has 0 bridgehead atoms. The van der Waals surface area contributed by atoms with Crippen molar-refractivity contribution in [1.82, 2.24) is 24.4 Å². The van der Waals surface area contributed by atoms with Crippen molar-refractivity contribution in [2.24, 2.45) is 0 Å². The summed E-state index contributed by atoms with van der Waals surface area (Å²) in [5.41, 5.74) is 9.65. The van der Waals surface area contributed by atoms with E-state index in [2.05, 4.69) is 15.0 Å². The molecule has 0 aliphatic carbocycles. The Morgan fingerprint density at radius 3 is 2.57 bits per heavy atom. The fraction of sp³-hybridized carbons (Fsp3) is 0.296. The van der Waals surface area contributed by atoms with Crippen LogP contribution < -0.4 is 15.9 Å². The van der Waals surface area contributed by atoms with Crippen LogP contribution in [0, 0.1) is 6.92 Å². The summed E-state index contributed by atoms with van der Waals surface area (Å²) in [5, 5.41) is 0.803. The molecule has 3 aromatic heterocycles. The second-order valence-corrected chi connectivity index (χ2v) is 8.97. The van der Waals surface area contributed by atoms with Crippen LogP contribution in [0.3, 0.4) is 0 Å². The third-order valence-electron chi connectivity index (χ3n) is 6.07. The van der Waals surface area contributed by atoms with Crippen molar-refractivity contribution in [3.05, 3.63) is 75.1 Å². The molecule has 1 unspecified atom stereocenters. The van der Waals surface area contributed by atoms with Crippen LogP contribution in [0.1, 0.15) is 48.9 Å². The van der Waals surface area contributed by atoms with E-state index in [9.17, 15) is 9.59 Å². The number of ether oxygens (including phenoxy) is 1. The number of hydrogen-bond donors (Lipinski definition) is 1. The summed E-state index contributed by atoms with van der Waals surface area (Å²) in [4.78, 5) is 39.0. The highest BCUT2D eigenvalue weighted by Crippen LogP contribution is 2.43. The molecule has 4 rings (SSSR count). The van der Waals surface area contributed by atoms with E-state index in [-0.39, 0.29) is 36.0 Å². The highest BCUT2D eigenvalue weighted by atomic mass is 35.5. The van der Waals surface area contributed by atoms with Crippen LogP contribution in [0.2, 0.25) is 5.02 Å². The van der Waals surface area contributed by atoms with E-state index in [4.69, 9.17) is 22.1 Å². The monoisotopic (exact) mass is 522 g/mol. The normalized spacial score (nSPS) is 11.6. The number of benzene rings is 1. The fourth-order valence-electron chi connectivity index (χ4n) is 4.19. The molecule has 0 saturated carbocycles. The van der Waals surface area contributed by atoms with Gasteiger partial charge in [-0.15, -0.1) is 0 Å². The van der Waals surface area contributed by atoms with Gasteiger partial charge >= 0.3 is 0 Å². The molecule has 2 N–H and O–H groups in total. The zero-order valence-electron chi connectivity index (χ0n) is 20.7. The summed E-state index contributed by atoms with van der Waals surface area (Å²) in [5.74, 6) is 0.571. The molecule has 4 aromatic rings. The van der Waals surface area contributed by atoms with E-state index >= 15 is 0 Å². The first-order valence-electron chi connectivity index (χ1n) is 11.4. The van der Waals surface area contributed by atoms with Crippen molar-refractivity contribution in [3.63, 3.8) is 0 Å². The standard InChI is InChI=1S/C26H27ClN6O3.CH4/c1-6-36-23-17(15(3)33-10-9-20(34)22-24(28)30-13-31-25(22)33)11-18(27)14(2)21(23)16-7-8-19(29-12-16)26(35)32(4)5;/h7-13,15H,6H2,1-5H3,(H2,28,30,31);1H4. The van der Waals surface area contributed by atoms with Gasteiger partial charge in [-0.3, -0.25) is 14.6 Å². The van der Waals surface area contributed by atoms with Crippen molar-refractivity contribution in [3.8, 4) is 16.9 Å². The maximum absolute atomic E-state index is 12.5. The number of rotatable bonds is 6. The lowest BCUT2D eigenvalue weighted by molar-refractivity contribution is 0.0822. The Labute approximate surface area is 220 Å². The number of nitrogen functional groups attached to an aromatic ring is 1. The largest absolute Gasteiger partial charge is 0.493 e. The average molecular weight is 523 g/mol. The molecule has 0 aliphatic rings. The number of aromatic nitrogens is 4. The third kappa shape index (κ3) is 4.99.